The van der Waals surface area contributed by atoms with Crippen molar-refractivity contribution in [3.63, 3.8) is 0 Å². The van der Waals surface area contributed by atoms with Gasteiger partial charge < -0.3 is 20.8 Å². The molecular formula is C46H61FN2O5. The fourth-order valence-corrected chi connectivity index (χ4v) is 13.8. The molecule has 0 bridgehead atoms. The van der Waals surface area contributed by atoms with Gasteiger partial charge in [0.25, 0.3) is 5.91 Å². The van der Waals surface area contributed by atoms with Gasteiger partial charge in [-0.1, -0.05) is 58.9 Å². The van der Waals surface area contributed by atoms with Gasteiger partial charge in [-0.15, -0.1) is 0 Å². The van der Waals surface area contributed by atoms with Crippen LogP contribution >= 0.6 is 0 Å². The van der Waals surface area contributed by atoms with Crippen molar-refractivity contribution in [1.29, 1.82) is 0 Å². The Morgan fingerprint density at radius 1 is 0.815 bits per heavy atom. The van der Waals surface area contributed by atoms with E-state index in [0.717, 1.165) is 69.8 Å². The molecule has 0 radical (unpaired) electrons. The van der Waals surface area contributed by atoms with E-state index in [2.05, 4.69) is 58.8 Å². The van der Waals surface area contributed by atoms with Crippen LogP contribution in [0.15, 0.2) is 54.6 Å². The third-order valence-electron chi connectivity index (χ3n) is 16.9. The number of benzene rings is 2. The van der Waals surface area contributed by atoms with Gasteiger partial charge in [0.1, 0.15) is 5.82 Å². The molecule has 0 saturated heterocycles. The van der Waals surface area contributed by atoms with Crippen LogP contribution in [0.25, 0.3) is 0 Å². The number of amides is 2. The fourth-order valence-electron chi connectivity index (χ4n) is 13.8. The first kappa shape index (κ1) is 38.7. The summed E-state index contributed by atoms with van der Waals surface area (Å²) >= 11 is 0. The van der Waals surface area contributed by atoms with Gasteiger partial charge in [-0.2, -0.15) is 0 Å². The van der Waals surface area contributed by atoms with E-state index in [9.17, 15) is 24.6 Å². The second-order valence-electron chi connectivity index (χ2n) is 19.4. The summed E-state index contributed by atoms with van der Waals surface area (Å²) in [6.45, 7) is 19.0. The minimum Gasteiger partial charge on any atom is -0.478 e. The lowest BCUT2D eigenvalue weighted by molar-refractivity contribution is -0.246. The van der Waals surface area contributed by atoms with E-state index >= 15 is 4.39 Å². The van der Waals surface area contributed by atoms with Crippen molar-refractivity contribution in [3.8, 4) is 0 Å². The number of carboxylic acid groups (broad SMARTS) is 1. The summed E-state index contributed by atoms with van der Waals surface area (Å²) in [5.41, 5.74) is 2.19. The van der Waals surface area contributed by atoms with Crippen molar-refractivity contribution in [2.24, 2.45) is 56.7 Å². The molecule has 4 N–H and O–H groups in total. The Labute approximate surface area is 321 Å². The number of allylic oxidation sites excluding steroid dienone is 1. The van der Waals surface area contributed by atoms with E-state index in [1.54, 1.807) is 12.1 Å². The molecule has 54 heavy (non-hydrogen) atoms. The average molecular weight is 741 g/mol. The van der Waals surface area contributed by atoms with E-state index in [4.69, 9.17) is 0 Å². The van der Waals surface area contributed by atoms with Crippen LogP contribution in [0.5, 0.6) is 0 Å². The molecule has 7 nitrogen and oxygen atoms in total. The summed E-state index contributed by atoms with van der Waals surface area (Å²) in [4.78, 5) is 39.1. The molecule has 0 aromatic heterocycles. The highest BCUT2D eigenvalue weighted by molar-refractivity contribution is 5.94. The quantitative estimate of drug-likeness (QED) is 0.202. The van der Waals surface area contributed by atoms with E-state index in [-0.39, 0.29) is 75.3 Å². The van der Waals surface area contributed by atoms with Gasteiger partial charge in [0.05, 0.1) is 17.1 Å². The molecule has 7 rings (SSSR count). The minimum absolute atomic E-state index is 0.00293. The molecule has 2 aromatic rings. The molecule has 4 unspecified atom stereocenters. The first-order valence-corrected chi connectivity index (χ1v) is 20.4. The average Bonchev–Trinajstić information content (AvgIpc) is 3.54. The zero-order chi connectivity index (χ0) is 39.0. The van der Waals surface area contributed by atoms with Gasteiger partial charge in [0, 0.05) is 24.2 Å². The van der Waals surface area contributed by atoms with Crippen molar-refractivity contribution in [1.82, 2.24) is 10.6 Å². The SMILES string of the molecule is C=C(C)[C@@H]1CC[C@]2(C(=O)NCc3cc(C(=O)NCc4cccc(C(=O)O)c4)ccc3F)CC[C@]3(C)C(CCC4[C@@]5(C)CC[C@H](O)C(C)(C)C5CC[C@]43C)C12. The second kappa shape index (κ2) is 13.6. The molecule has 292 valence electrons. The maximum Gasteiger partial charge on any atom is 0.335 e. The van der Waals surface area contributed by atoms with Gasteiger partial charge in [0.15, 0.2) is 0 Å². The lowest BCUT2D eigenvalue weighted by Crippen LogP contribution is -2.67. The summed E-state index contributed by atoms with van der Waals surface area (Å²) in [6, 6.07) is 10.6. The molecule has 0 aliphatic heterocycles. The number of carboxylic acids is 1. The van der Waals surface area contributed by atoms with Gasteiger partial charge in [-0.05, 0) is 158 Å². The Bertz CT molecular complexity index is 1860. The number of rotatable bonds is 8. The molecule has 2 aromatic carbocycles. The van der Waals surface area contributed by atoms with Gasteiger partial charge in [-0.25, -0.2) is 9.18 Å². The molecular weight excluding hydrogens is 680 g/mol. The van der Waals surface area contributed by atoms with Crippen molar-refractivity contribution in [3.05, 3.63) is 82.7 Å². The number of aliphatic hydroxyl groups is 1. The Morgan fingerprint density at radius 3 is 2.30 bits per heavy atom. The van der Waals surface area contributed by atoms with Crippen molar-refractivity contribution in [2.45, 2.75) is 125 Å². The van der Waals surface area contributed by atoms with E-state index in [1.165, 1.54) is 30.3 Å². The van der Waals surface area contributed by atoms with Gasteiger partial charge in [-0.3, -0.25) is 9.59 Å². The lowest BCUT2D eigenvalue weighted by atomic mass is 9.32. The normalized spacial score (nSPS) is 37.9. The van der Waals surface area contributed by atoms with Crippen LogP contribution in [-0.4, -0.2) is 34.1 Å². The predicted octanol–water partition coefficient (Wildman–Crippen LogP) is 9.09. The standard InChI is InChI=1S/C46H61FN2O5/c1-27(2)32-15-20-46(41(54)49-26-31-24-29(11-13-34(31)47)39(51)48-25-28-9-8-10-30(23-28)40(52)53)22-21-44(6)33(38(32)46)12-14-36-43(5)18-17-37(50)42(3,4)35(43)16-19-45(36,44)7/h8-11,13,23-24,32-33,35-38,50H,1,12,14-22,25-26H2,2-7H3,(H,48,51)(H,49,54)(H,52,53)/t32-,33?,35?,36?,37-,38?,43-,44+,45+,46-/m0/s1. The molecule has 10 atom stereocenters. The van der Waals surface area contributed by atoms with Crippen LogP contribution < -0.4 is 10.6 Å². The Kier molecular flexibility index (Phi) is 9.76. The molecule has 2 amide bonds. The van der Waals surface area contributed by atoms with Gasteiger partial charge in [0.2, 0.25) is 5.91 Å². The minimum atomic E-state index is -1.04. The molecule has 0 spiro atoms. The lowest BCUT2D eigenvalue weighted by Gasteiger charge is -2.72. The maximum atomic E-state index is 15.3. The topological polar surface area (TPSA) is 116 Å². The van der Waals surface area contributed by atoms with Crippen LogP contribution in [0.4, 0.5) is 4.39 Å². The summed E-state index contributed by atoms with van der Waals surface area (Å²) in [7, 11) is 0. The summed E-state index contributed by atoms with van der Waals surface area (Å²) in [5.74, 6) is -0.0553. The monoisotopic (exact) mass is 740 g/mol. The third kappa shape index (κ3) is 5.87. The number of carbonyl (C=O) groups excluding carboxylic acids is 2. The van der Waals surface area contributed by atoms with Crippen molar-refractivity contribution < 1.29 is 29.0 Å². The van der Waals surface area contributed by atoms with Crippen LogP contribution in [0.3, 0.4) is 0 Å². The Morgan fingerprint density at radius 2 is 1.57 bits per heavy atom. The van der Waals surface area contributed by atoms with Crippen LogP contribution in [0.1, 0.15) is 138 Å². The third-order valence-corrected chi connectivity index (χ3v) is 16.9. The number of carbonyl (C=O) groups is 3. The summed E-state index contributed by atoms with van der Waals surface area (Å²) in [5, 5.41) is 26.4. The maximum absolute atomic E-state index is 15.3. The Balaban J connectivity index is 1.10. The van der Waals surface area contributed by atoms with Crippen LogP contribution in [-0.2, 0) is 17.9 Å². The number of hydrogen-bond donors (Lipinski definition) is 4. The molecule has 8 heteroatoms. The smallest absolute Gasteiger partial charge is 0.335 e. The number of nitrogens with one attached hydrogen (secondary N) is 2. The molecule has 5 aliphatic carbocycles. The number of hydrogen-bond acceptors (Lipinski definition) is 4. The van der Waals surface area contributed by atoms with Gasteiger partial charge >= 0.3 is 5.97 Å². The summed E-state index contributed by atoms with van der Waals surface area (Å²) < 4.78 is 15.3. The van der Waals surface area contributed by atoms with E-state index in [1.807, 2.05) is 0 Å². The predicted molar refractivity (Wildman–Crippen MR) is 208 cm³/mol. The summed E-state index contributed by atoms with van der Waals surface area (Å²) in [6.07, 6.45) is 9.76. The van der Waals surface area contributed by atoms with Crippen LogP contribution in [0.2, 0.25) is 0 Å². The number of fused-ring (bicyclic) bond motifs is 7. The van der Waals surface area contributed by atoms with E-state index < -0.39 is 23.1 Å². The number of aliphatic hydroxyl groups excluding tert-OH is 1. The first-order valence-electron chi connectivity index (χ1n) is 20.4. The van der Waals surface area contributed by atoms with Crippen molar-refractivity contribution >= 4 is 17.8 Å². The number of halogens is 1. The molecule has 5 saturated carbocycles. The van der Waals surface area contributed by atoms with E-state index in [0.29, 0.717) is 23.3 Å². The first-order chi connectivity index (χ1) is 25.4. The molecule has 5 fully saturated rings. The highest BCUT2D eigenvalue weighted by Crippen LogP contribution is 2.77. The van der Waals surface area contributed by atoms with Crippen molar-refractivity contribution in [2.75, 3.05) is 0 Å². The fraction of sp³-hybridized carbons (Fsp3) is 0.630. The highest BCUT2D eigenvalue weighted by Gasteiger charge is 2.71. The molecule has 5 aliphatic rings. The largest absolute Gasteiger partial charge is 0.478 e. The highest BCUT2D eigenvalue weighted by atomic mass is 19.1. The zero-order valence-corrected chi connectivity index (χ0v) is 33.2. The Hall–Kier alpha value is -3.52. The molecule has 0 heterocycles. The number of aromatic carboxylic acids is 1. The zero-order valence-electron chi connectivity index (χ0n) is 33.2. The second-order valence-corrected chi connectivity index (χ2v) is 19.4. The van der Waals surface area contributed by atoms with Crippen LogP contribution in [0, 0.1) is 62.5 Å².